The average Bonchev–Trinajstić information content (AvgIpc) is 3.21. The Kier molecular flexibility index (Phi) is 31.5. The van der Waals surface area contributed by atoms with Gasteiger partial charge in [0.15, 0.2) is 5.82 Å². The van der Waals surface area contributed by atoms with Gasteiger partial charge in [-0.2, -0.15) is 0 Å². The van der Waals surface area contributed by atoms with Gasteiger partial charge in [0, 0.05) is 24.4 Å². The highest BCUT2D eigenvalue weighted by molar-refractivity contribution is 5.55. The van der Waals surface area contributed by atoms with Crippen molar-refractivity contribution in [1.29, 1.82) is 0 Å². The maximum Gasteiger partial charge on any atom is 0.159 e. The molecule has 0 fully saturated rings. The molecule has 2 rings (SSSR count). The normalized spacial score (nSPS) is 11.8. The molecule has 0 spiro atoms. The number of aryl methyl sites for hydroxylation is 1. The lowest BCUT2D eigenvalue weighted by Gasteiger charge is -2.39. The van der Waals surface area contributed by atoms with E-state index in [1.54, 1.807) is 0 Å². The summed E-state index contributed by atoms with van der Waals surface area (Å²) in [5.74, 6) is 1.78. The first-order valence-electron chi connectivity index (χ1n) is 24.6. The van der Waals surface area contributed by atoms with Crippen molar-refractivity contribution in [3.8, 4) is 17.1 Å². The zero-order chi connectivity index (χ0) is 39.3. The van der Waals surface area contributed by atoms with Crippen LogP contribution >= 0.6 is 0 Å². The van der Waals surface area contributed by atoms with Crippen molar-refractivity contribution < 1.29 is 9.22 Å². The van der Waals surface area contributed by atoms with Crippen LogP contribution in [0.3, 0.4) is 0 Å². The van der Waals surface area contributed by atoms with Crippen molar-refractivity contribution in [2.24, 2.45) is 0 Å². The summed E-state index contributed by atoms with van der Waals surface area (Å²) in [6.45, 7) is 15.4. The molecule has 4 nitrogen and oxygen atoms in total. The Morgan fingerprint density at radius 3 is 1.15 bits per heavy atom. The highest BCUT2D eigenvalue weighted by Gasteiger charge is 2.26. The van der Waals surface area contributed by atoms with Gasteiger partial charge in [0.2, 0.25) is 0 Å². The molecule has 0 radical (unpaired) electrons. The third-order valence-electron chi connectivity index (χ3n) is 12.1. The summed E-state index contributed by atoms with van der Waals surface area (Å²) in [6.07, 6.45) is 48.0. The lowest BCUT2D eigenvalue weighted by atomic mass is 10.0. The van der Waals surface area contributed by atoms with Gasteiger partial charge in [0.1, 0.15) is 5.75 Å². The van der Waals surface area contributed by atoms with E-state index in [-0.39, 0.29) is 0 Å². The number of quaternary nitrogens is 1. The van der Waals surface area contributed by atoms with Crippen LogP contribution in [-0.2, 0) is 6.42 Å². The van der Waals surface area contributed by atoms with E-state index in [2.05, 4.69) is 52.0 Å². The van der Waals surface area contributed by atoms with Crippen LogP contribution in [0.25, 0.3) is 11.4 Å². The van der Waals surface area contributed by atoms with Crippen LogP contribution in [0.1, 0.15) is 232 Å². The Morgan fingerprint density at radius 1 is 0.400 bits per heavy atom. The fourth-order valence-corrected chi connectivity index (χ4v) is 8.45. The van der Waals surface area contributed by atoms with E-state index in [9.17, 15) is 0 Å². The number of hydrogen-bond acceptors (Lipinski definition) is 3. The fraction of sp³-hybridized carbons (Fsp3) is 0.804. The molecule has 0 unspecified atom stereocenters. The van der Waals surface area contributed by atoms with Crippen molar-refractivity contribution in [2.45, 2.75) is 233 Å². The molecule has 4 heteroatoms. The molecule has 1 aromatic heterocycles. The van der Waals surface area contributed by atoms with Crippen LogP contribution in [0, 0.1) is 0 Å². The molecule has 0 N–H and O–H groups in total. The molecule has 0 amide bonds. The van der Waals surface area contributed by atoms with E-state index < -0.39 is 0 Å². The second-order valence-corrected chi connectivity index (χ2v) is 17.3. The van der Waals surface area contributed by atoms with E-state index >= 15 is 0 Å². The van der Waals surface area contributed by atoms with Crippen LogP contribution in [0.4, 0.5) is 0 Å². The number of rotatable bonds is 40. The molecule has 0 atom stereocenters. The maximum absolute atomic E-state index is 6.41. The molecule has 0 aliphatic carbocycles. The maximum atomic E-state index is 6.41. The molecule has 1 heterocycles. The van der Waals surface area contributed by atoms with Gasteiger partial charge in [-0.15, -0.1) is 0 Å². The van der Waals surface area contributed by atoms with Crippen LogP contribution in [0.5, 0.6) is 5.75 Å². The molecule has 0 bridgehead atoms. The van der Waals surface area contributed by atoms with Gasteiger partial charge >= 0.3 is 0 Å². The lowest BCUT2D eigenvalue weighted by molar-refractivity contribution is -0.929. The van der Waals surface area contributed by atoms with Crippen molar-refractivity contribution in [2.75, 3.05) is 32.8 Å². The van der Waals surface area contributed by atoms with E-state index in [1.165, 1.54) is 229 Å². The Balaban J connectivity index is 1.93. The topological polar surface area (TPSA) is 35.0 Å². The quantitative estimate of drug-likeness (QED) is 0.0501. The van der Waals surface area contributed by atoms with Crippen molar-refractivity contribution in [3.63, 3.8) is 0 Å². The third-order valence-corrected chi connectivity index (χ3v) is 12.1. The van der Waals surface area contributed by atoms with E-state index in [0.29, 0.717) is 0 Å². The Bertz CT molecular complexity index is 1030. The smallest absolute Gasteiger partial charge is 0.159 e. The van der Waals surface area contributed by atoms with Crippen LogP contribution in [-0.4, -0.2) is 47.2 Å². The lowest BCUT2D eigenvalue weighted by Crippen LogP contribution is -2.51. The van der Waals surface area contributed by atoms with Gasteiger partial charge in [-0.3, -0.25) is 0 Å². The van der Waals surface area contributed by atoms with Crippen LogP contribution in [0.2, 0.25) is 0 Å². The van der Waals surface area contributed by atoms with Crippen molar-refractivity contribution >= 4 is 0 Å². The highest BCUT2D eigenvalue weighted by atomic mass is 16.5. The fourth-order valence-electron chi connectivity index (χ4n) is 8.45. The number of aromatic nitrogens is 2. The second kappa shape index (κ2) is 35.2. The van der Waals surface area contributed by atoms with E-state index in [0.717, 1.165) is 36.6 Å². The molecule has 2 aromatic rings. The average molecular weight is 763 g/mol. The first kappa shape index (κ1) is 49.2. The summed E-state index contributed by atoms with van der Waals surface area (Å²) in [4.78, 5) is 9.43. The highest BCUT2D eigenvalue weighted by Crippen LogP contribution is 2.23. The first-order valence-corrected chi connectivity index (χ1v) is 24.6. The molecule has 0 saturated heterocycles. The monoisotopic (exact) mass is 763 g/mol. The predicted octanol–water partition coefficient (Wildman–Crippen LogP) is 16.1. The van der Waals surface area contributed by atoms with E-state index in [4.69, 9.17) is 14.7 Å². The summed E-state index contributed by atoms with van der Waals surface area (Å²) in [6, 6.07) is 8.50. The molecule has 0 aliphatic heterocycles. The third kappa shape index (κ3) is 25.8. The molecule has 55 heavy (non-hydrogen) atoms. The minimum absolute atomic E-state index is 0.801. The zero-order valence-corrected chi connectivity index (χ0v) is 37.4. The largest absolute Gasteiger partial charge is 0.493 e. The Morgan fingerprint density at radius 2 is 0.745 bits per heavy atom. The molecular formula is C51H92N3O+. The van der Waals surface area contributed by atoms with Gasteiger partial charge < -0.3 is 9.22 Å². The minimum atomic E-state index is 0.801. The number of hydrogen-bond donors (Lipinski definition) is 0. The standard InChI is InChI=1S/C51H92N3O/c1-5-9-13-17-21-24-28-32-41-54(42-33-29-25-22-18-14-10-6-2,43-34-30-26-23-19-15-11-7-3)44-35-45-55-50-39-37-49(38-40-50)51-52-46-48(47-53-51)36-31-27-20-16-12-8-4/h37-40,46-47H,5-36,41-45H2,1-4H3/q+1. The van der Waals surface area contributed by atoms with Gasteiger partial charge in [0.05, 0.1) is 32.8 Å². The minimum Gasteiger partial charge on any atom is -0.493 e. The van der Waals surface area contributed by atoms with Gasteiger partial charge in [-0.1, -0.05) is 175 Å². The molecule has 1 aromatic carbocycles. The Labute approximate surface area is 343 Å². The summed E-state index contributed by atoms with van der Waals surface area (Å²) in [5.41, 5.74) is 2.32. The molecular weight excluding hydrogens is 671 g/mol. The van der Waals surface area contributed by atoms with Gasteiger partial charge in [0.25, 0.3) is 0 Å². The molecule has 316 valence electrons. The molecule has 0 saturated carbocycles. The van der Waals surface area contributed by atoms with Crippen molar-refractivity contribution in [3.05, 3.63) is 42.2 Å². The zero-order valence-electron chi connectivity index (χ0n) is 37.4. The number of ether oxygens (including phenoxy) is 1. The van der Waals surface area contributed by atoms with Crippen LogP contribution < -0.4 is 4.74 Å². The second-order valence-electron chi connectivity index (χ2n) is 17.3. The summed E-state index contributed by atoms with van der Waals surface area (Å²) < 4.78 is 7.74. The van der Waals surface area contributed by atoms with Crippen LogP contribution in [0.15, 0.2) is 36.7 Å². The van der Waals surface area contributed by atoms with E-state index in [1.807, 2.05) is 12.4 Å². The van der Waals surface area contributed by atoms with Gasteiger partial charge in [-0.05, 0) is 81.2 Å². The summed E-state index contributed by atoms with van der Waals surface area (Å²) >= 11 is 0. The SMILES string of the molecule is CCCCCCCCCC[N+](CCCCCCCCCC)(CCCCCCCCCC)CCCOc1ccc(-c2ncc(CCCCCCCC)cn2)cc1. The number of benzene rings is 1. The summed E-state index contributed by atoms with van der Waals surface area (Å²) in [7, 11) is 0. The molecule has 0 aliphatic rings. The Hall–Kier alpha value is -1.94. The summed E-state index contributed by atoms with van der Waals surface area (Å²) in [5, 5.41) is 0. The predicted molar refractivity (Wildman–Crippen MR) is 242 cm³/mol. The first-order chi connectivity index (χ1) is 27.2. The number of unbranched alkanes of at least 4 members (excludes halogenated alkanes) is 26. The van der Waals surface area contributed by atoms with Crippen molar-refractivity contribution in [1.82, 2.24) is 9.97 Å². The van der Waals surface area contributed by atoms with Gasteiger partial charge in [-0.25, -0.2) is 9.97 Å². The number of nitrogens with zero attached hydrogens (tertiary/aromatic N) is 3.